The van der Waals surface area contributed by atoms with Gasteiger partial charge in [-0.25, -0.2) is 8.42 Å². The fraction of sp³-hybridized carbons (Fsp3) is 0.259. The van der Waals surface area contributed by atoms with Gasteiger partial charge in [0.05, 0.1) is 22.0 Å². The van der Waals surface area contributed by atoms with E-state index in [4.69, 9.17) is 34.8 Å². The van der Waals surface area contributed by atoms with Crippen LogP contribution in [0.1, 0.15) is 16.7 Å². The van der Waals surface area contributed by atoms with E-state index in [1.165, 1.54) is 11.9 Å². The Balaban J connectivity index is 2.06. The van der Waals surface area contributed by atoms with E-state index >= 15 is 0 Å². The Morgan fingerprint density at radius 2 is 1.61 bits per heavy atom. The molecule has 0 aliphatic heterocycles. The maximum absolute atomic E-state index is 13.9. The second-order valence-corrected chi connectivity index (χ2v) is 11.9. The standard InChI is InChI=1S/C27H28Cl3N3O4S/c1-18-13-21(28)10-12-24(18)33(38(3,36)37)17-26(34)32(16-20-9-11-22(29)23(30)14-20)25(27(35)31-2)15-19-7-5-4-6-8-19/h4-14,25H,15-17H2,1-3H3,(H,31,35)/t25-/m0/s1. The Hall–Kier alpha value is -2.78. The Morgan fingerprint density at radius 3 is 2.18 bits per heavy atom. The van der Waals surface area contributed by atoms with Crippen LogP contribution in [0.4, 0.5) is 5.69 Å². The summed E-state index contributed by atoms with van der Waals surface area (Å²) in [6.45, 7) is 1.18. The van der Waals surface area contributed by atoms with Gasteiger partial charge in [0.15, 0.2) is 0 Å². The lowest BCUT2D eigenvalue weighted by Crippen LogP contribution is -2.53. The monoisotopic (exact) mass is 595 g/mol. The van der Waals surface area contributed by atoms with E-state index in [1.807, 2.05) is 30.3 Å². The maximum atomic E-state index is 13.9. The molecule has 11 heteroatoms. The fourth-order valence-corrected chi connectivity index (χ4v) is 5.50. The Bertz CT molecular complexity index is 1420. The number of carbonyl (C=O) groups excluding carboxylic acids is 2. The van der Waals surface area contributed by atoms with Crippen molar-refractivity contribution in [3.8, 4) is 0 Å². The SMILES string of the molecule is CNC(=O)[C@H](Cc1ccccc1)N(Cc1ccc(Cl)c(Cl)c1)C(=O)CN(c1ccc(Cl)cc1C)S(C)(=O)=O. The molecular formula is C27H28Cl3N3O4S. The van der Waals surface area contributed by atoms with Crippen LogP contribution in [0.5, 0.6) is 0 Å². The summed E-state index contributed by atoms with van der Waals surface area (Å²) in [4.78, 5) is 28.4. The second-order valence-electron chi connectivity index (χ2n) is 8.79. The van der Waals surface area contributed by atoms with Crippen molar-refractivity contribution >= 4 is 62.3 Å². The molecule has 0 fully saturated rings. The molecule has 7 nitrogen and oxygen atoms in total. The lowest BCUT2D eigenvalue weighted by molar-refractivity contribution is -0.139. The van der Waals surface area contributed by atoms with Crippen molar-refractivity contribution in [2.45, 2.75) is 25.9 Å². The number of likely N-dealkylation sites (N-methyl/N-ethyl adjacent to an activating group) is 1. The first-order valence-corrected chi connectivity index (χ1v) is 14.6. The quantitative estimate of drug-likeness (QED) is 0.353. The Labute approximate surface area is 238 Å². The number of nitrogens with one attached hydrogen (secondary N) is 1. The molecule has 0 radical (unpaired) electrons. The Kier molecular flexibility index (Phi) is 10.1. The topological polar surface area (TPSA) is 86.8 Å². The van der Waals surface area contributed by atoms with Gasteiger partial charge in [-0.3, -0.25) is 13.9 Å². The molecule has 202 valence electrons. The number of aryl methyl sites for hydroxylation is 1. The van der Waals surface area contributed by atoms with E-state index in [0.717, 1.165) is 16.1 Å². The highest BCUT2D eigenvalue weighted by Crippen LogP contribution is 2.27. The molecule has 2 amide bonds. The normalized spacial score (nSPS) is 12.1. The number of hydrogen-bond acceptors (Lipinski definition) is 4. The minimum absolute atomic E-state index is 0.00214. The first kappa shape index (κ1) is 29.8. The van der Waals surface area contributed by atoms with Crippen molar-refractivity contribution in [2.24, 2.45) is 0 Å². The predicted molar refractivity (Wildman–Crippen MR) is 153 cm³/mol. The lowest BCUT2D eigenvalue weighted by Gasteiger charge is -2.33. The van der Waals surface area contributed by atoms with Crippen molar-refractivity contribution in [3.05, 3.63) is 98.5 Å². The van der Waals surface area contributed by atoms with E-state index in [0.29, 0.717) is 31.9 Å². The van der Waals surface area contributed by atoms with Gasteiger partial charge in [-0.2, -0.15) is 0 Å². The average Bonchev–Trinajstić information content (AvgIpc) is 2.86. The number of nitrogens with zero attached hydrogens (tertiary/aromatic N) is 2. The zero-order valence-electron chi connectivity index (χ0n) is 21.1. The molecular weight excluding hydrogens is 569 g/mol. The minimum Gasteiger partial charge on any atom is -0.357 e. The van der Waals surface area contributed by atoms with Gasteiger partial charge < -0.3 is 10.2 Å². The average molecular weight is 597 g/mol. The summed E-state index contributed by atoms with van der Waals surface area (Å²) < 4.78 is 26.7. The van der Waals surface area contributed by atoms with Gasteiger partial charge in [0.1, 0.15) is 12.6 Å². The van der Waals surface area contributed by atoms with Crippen LogP contribution in [0.2, 0.25) is 15.1 Å². The highest BCUT2D eigenvalue weighted by atomic mass is 35.5. The van der Waals surface area contributed by atoms with E-state index in [1.54, 1.807) is 43.3 Å². The molecule has 0 unspecified atom stereocenters. The third-order valence-electron chi connectivity index (χ3n) is 5.96. The Morgan fingerprint density at radius 1 is 0.921 bits per heavy atom. The van der Waals surface area contributed by atoms with Crippen molar-refractivity contribution in [1.29, 1.82) is 0 Å². The number of benzene rings is 3. The van der Waals surface area contributed by atoms with Crippen LogP contribution in [-0.2, 0) is 32.6 Å². The summed E-state index contributed by atoms with van der Waals surface area (Å²) in [6, 6.07) is 18.0. The molecule has 1 N–H and O–H groups in total. The van der Waals surface area contributed by atoms with E-state index in [9.17, 15) is 18.0 Å². The number of hydrogen-bond donors (Lipinski definition) is 1. The molecule has 0 aliphatic rings. The smallest absolute Gasteiger partial charge is 0.244 e. The lowest BCUT2D eigenvalue weighted by atomic mass is 10.0. The summed E-state index contributed by atoms with van der Waals surface area (Å²) in [7, 11) is -2.39. The minimum atomic E-state index is -3.87. The maximum Gasteiger partial charge on any atom is 0.244 e. The van der Waals surface area contributed by atoms with Crippen LogP contribution in [0.25, 0.3) is 0 Å². The molecule has 3 rings (SSSR count). The van der Waals surface area contributed by atoms with Gasteiger partial charge in [0, 0.05) is 25.0 Å². The van der Waals surface area contributed by atoms with Crippen LogP contribution in [0, 0.1) is 6.92 Å². The fourth-order valence-electron chi connectivity index (χ4n) is 4.05. The summed E-state index contributed by atoms with van der Waals surface area (Å²) in [5.41, 5.74) is 2.36. The largest absolute Gasteiger partial charge is 0.357 e. The van der Waals surface area contributed by atoms with Crippen molar-refractivity contribution in [2.75, 3.05) is 24.2 Å². The third-order valence-corrected chi connectivity index (χ3v) is 8.06. The zero-order valence-corrected chi connectivity index (χ0v) is 24.2. The molecule has 3 aromatic rings. The van der Waals surface area contributed by atoms with Gasteiger partial charge in [-0.05, 0) is 53.9 Å². The number of carbonyl (C=O) groups is 2. The number of sulfonamides is 1. The molecule has 38 heavy (non-hydrogen) atoms. The number of amides is 2. The summed E-state index contributed by atoms with van der Waals surface area (Å²) >= 11 is 18.4. The molecule has 0 aromatic heterocycles. The van der Waals surface area contributed by atoms with E-state index < -0.39 is 34.4 Å². The van der Waals surface area contributed by atoms with Crippen LogP contribution < -0.4 is 9.62 Å². The molecule has 0 heterocycles. The van der Waals surface area contributed by atoms with Crippen LogP contribution in [0.15, 0.2) is 66.7 Å². The van der Waals surface area contributed by atoms with Gasteiger partial charge in [-0.1, -0.05) is 71.2 Å². The predicted octanol–water partition coefficient (Wildman–Crippen LogP) is 5.11. The molecule has 0 saturated heterocycles. The third kappa shape index (κ3) is 7.63. The van der Waals surface area contributed by atoms with E-state index in [2.05, 4.69) is 5.32 Å². The molecule has 3 aromatic carbocycles. The van der Waals surface area contributed by atoms with Crippen molar-refractivity contribution in [3.63, 3.8) is 0 Å². The second kappa shape index (κ2) is 12.8. The molecule has 1 atom stereocenters. The first-order chi connectivity index (χ1) is 17.9. The number of rotatable bonds is 10. The summed E-state index contributed by atoms with van der Waals surface area (Å²) in [5.74, 6) is -0.962. The van der Waals surface area contributed by atoms with Gasteiger partial charge >= 0.3 is 0 Å². The van der Waals surface area contributed by atoms with Crippen LogP contribution in [-0.4, -0.2) is 51.0 Å². The highest BCUT2D eigenvalue weighted by molar-refractivity contribution is 7.92. The van der Waals surface area contributed by atoms with Crippen molar-refractivity contribution in [1.82, 2.24) is 10.2 Å². The van der Waals surface area contributed by atoms with Crippen LogP contribution >= 0.6 is 34.8 Å². The first-order valence-electron chi connectivity index (χ1n) is 11.6. The van der Waals surface area contributed by atoms with Crippen molar-refractivity contribution < 1.29 is 18.0 Å². The summed E-state index contributed by atoms with van der Waals surface area (Å²) in [5, 5.41) is 3.72. The molecule has 0 saturated carbocycles. The molecule has 0 aliphatic carbocycles. The number of halogens is 3. The van der Waals surface area contributed by atoms with E-state index in [-0.39, 0.29) is 13.0 Å². The van der Waals surface area contributed by atoms with Gasteiger partial charge in [0.25, 0.3) is 0 Å². The van der Waals surface area contributed by atoms with Crippen LogP contribution in [0.3, 0.4) is 0 Å². The van der Waals surface area contributed by atoms with Gasteiger partial charge in [-0.15, -0.1) is 0 Å². The van der Waals surface area contributed by atoms with Gasteiger partial charge in [0.2, 0.25) is 21.8 Å². The number of anilines is 1. The summed E-state index contributed by atoms with van der Waals surface area (Å²) in [6.07, 6.45) is 1.24. The molecule has 0 bridgehead atoms. The zero-order chi connectivity index (χ0) is 28.0. The highest BCUT2D eigenvalue weighted by Gasteiger charge is 2.33. The molecule has 0 spiro atoms.